The molecule has 0 saturated carbocycles. The zero-order valence-electron chi connectivity index (χ0n) is 18.9. The van der Waals surface area contributed by atoms with Crippen molar-refractivity contribution in [1.29, 1.82) is 0 Å². The van der Waals surface area contributed by atoms with E-state index in [0.717, 1.165) is 29.9 Å². The number of fused-ring (bicyclic) bond motifs is 1. The number of hydrogen-bond donors (Lipinski definition) is 0. The minimum Gasteiger partial charge on any atom is -0.454 e. The molecule has 1 amide bonds. The van der Waals surface area contributed by atoms with Crippen LogP contribution in [-0.2, 0) is 13.1 Å². The summed E-state index contributed by atoms with van der Waals surface area (Å²) in [6.45, 7) is 7.58. The van der Waals surface area contributed by atoms with Gasteiger partial charge in [0.05, 0.1) is 12.2 Å². The highest BCUT2D eigenvalue weighted by Gasteiger charge is 2.20. The van der Waals surface area contributed by atoms with Gasteiger partial charge in [-0.3, -0.25) is 14.3 Å². The second-order valence-electron chi connectivity index (χ2n) is 8.22. The molecule has 32 heavy (non-hydrogen) atoms. The van der Waals surface area contributed by atoms with E-state index >= 15 is 0 Å². The lowest BCUT2D eigenvalue weighted by atomic mass is 10.1. The van der Waals surface area contributed by atoms with E-state index in [1.165, 1.54) is 0 Å². The maximum atomic E-state index is 13.2. The van der Waals surface area contributed by atoms with Crippen LogP contribution >= 0.6 is 0 Å². The van der Waals surface area contributed by atoms with Crippen molar-refractivity contribution in [3.8, 4) is 11.5 Å². The number of hydrogen-bond acceptors (Lipinski definition) is 5. The zero-order valence-corrected chi connectivity index (χ0v) is 18.9. The molecule has 8 heteroatoms. The first-order chi connectivity index (χ1) is 15.3. The van der Waals surface area contributed by atoms with Gasteiger partial charge in [0.15, 0.2) is 11.5 Å². The Balaban J connectivity index is 1.47. The van der Waals surface area contributed by atoms with Gasteiger partial charge in [-0.25, -0.2) is 0 Å². The summed E-state index contributed by atoms with van der Waals surface area (Å²) in [5.74, 6) is 1.10. The monoisotopic (exact) mass is 436 g/mol. The molecule has 1 aliphatic heterocycles. The zero-order chi connectivity index (χ0) is 22.8. The molecule has 0 atom stereocenters. The van der Waals surface area contributed by atoms with Crippen LogP contribution in [0.2, 0.25) is 0 Å². The number of nitrogens with zero attached hydrogens (tertiary/aromatic N) is 4. The molecule has 0 N–H and O–H groups in total. The molecule has 3 heterocycles. The summed E-state index contributed by atoms with van der Waals surface area (Å²) < 4.78 is 14.3. The first-order valence-corrected chi connectivity index (χ1v) is 10.7. The van der Waals surface area contributed by atoms with Crippen LogP contribution in [0, 0.1) is 20.8 Å². The van der Waals surface area contributed by atoms with Crippen molar-refractivity contribution in [2.75, 3.05) is 20.4 Å². The molecule has 168 valence electrons. The van der Waals surface area contributed by atoms with E-state index in [2.05, 4.69) is 5.10 Å². The summed E-state index contributed by atoms with van der Waals surface area (Å²) >= 11 is 0. The molecular weight excluding hydrogens is 408 g/mol. The minimum atomic E-state index is -0.293. The van der Waals surface area contributed by atoms with E-state index in [4.69, 9.17) is 9.47 Å². The Morgan fingerprint density at radius 1 is 1.12 bits per heavy atom. The van der Waals surface area contributed by atoms with Gasteiger partial charge in [0.1, 0.15) is 5.56 Å². The molecule has 0 saturated heterocycles. The molecule has 3 aromatic rings. The van der Waals surface area contributed by atoms with E-state index in [9.17, 15) is 9.59 Å². The molecule has 0 fully saturated rings. The van der Waals surface area contributed by atoms with E-state index in [1.807, 2.05) is 48.9 Å². The van der Waals surface area contributed by atoms with Gasteiger partial charge in [-0.05, 0) is 62.6 Å². The fourth-order valence-electron chi connectivity index (χ4n) is 3.94. The Kier molecular flexibility index (Phi) is 6.03. The van der Waals surface area contributed by atoms with Crippen LogP contribution in [0.25, 0.3) is 0 Å². The Labute approximate surface area is 187 Å². The minimum absolute atomic E-state index is 0.202. The standard InChI is InChI=1S/C24H28N4O4/c1-16-8-11-27(14-19-6-7-20-21(13-19)32-15-31-20)24(30)22(16)23(29)26(4)9-5-10-28-18(3)12-17(2)25-28/h6-8,11-13H,5,9-10,14-15H2,1-4H3. The normalized spacial score (nSPS) is 12.2. The van der Waals surface area contributed by atoms with Crippen molar-refractivity contribution in [2.45, 2.75) is 40.3 Å². The maximum Gasteiger partial charge on any atom is 0.263 e. The van der Waals surface area contributed by atoms with Crippen LogP contribution in [0.4, 0.5) is 0 Å². The number of carbonyl (C=O) groups is 1. The number of aryl methyl sites for hydroxylation is 4. The van der Waals surface area contributed by atoms with Crippen LogP contribution < -0.4 is 15.0 Å². The number of amides is 1. The Morgan fingerprint density at radius 2 is 1.91 bits per heavy atom. The summed E-state index contributed by atoms with van der Waals surface area (Å²) in [4.78, 5) is 27.9. The SMILES string of the molecule is Cc1cc(C)n(CCCN(C)C(=O)c2c(C)ccn(Cc3ccc4c(c3)OCO4)c2=O)n1. The third-order valence-corrected chi connectivity index (χ3v) is 5.69. The number of rotatable bonds is 7. The molecule has 0 radical (unpaired) electrons. The van der Waals surface area contributed by atoms with Gasteiger partial charge in [0, 0.05) is 32.0 Å². The van der Waals surface area contributed by atoms with Crippen LogP contribution in [0.5, 0.6) is 11.5 Å². The van der Waals surface area contributed by atoms with Gasteiger partial charge >= 0.3 is 0 Å². The third-order valence-electron chi connectivity index (χ3n) is 5.69. The first kappa shape index (κ1) is 21.7. The lowest BCUT2D eigenvalue weighted by Gasteiger charge is -2.19. The number of pyridine rings is 1. The second kappa shape index (κ2) is 8.90. The fourth-order valence-corrected chi connectivity index (χ4v) is 3.94. The summed E-state index contributed by atoms with van der Waals surface area (Å²) in [6, 6.07) is 9.43. The van der Waals surface area contributed by atoms with Crippen molar-refractivity contribution in [3.05, 3.63) is 75.0 Å². The van der Waals surface area contributed by atoms with Gasteiger partial charge in [-0.1, -0.05) is 6.07 Å². The number of ether oxygens (including phenoxy) is 2. The van der Waals surface area contributed by atoms with E-state index in [-0.39, 0.29) is 23.8 Å². The largest absolute Gasteiger partial charge is 0.454 e. The molecule has 2 aromatic heterocycles. The molecular formula is C24H28N4O4. The molecule has 8 nitrogen and oxygen atoms in total. The maximum absolute atomic E-state index is 13.2. The Morgan fingerprint density at radius 3 is 2.66 bits per heavy atom. The average Bonchev–Trinajstić information content (AvgIpc) is 3.35. The topological polar surface area (TPSA) is 78.6 Å². The predicted octanol–water partition coefficient (Wildman–Crippen LogP) is 2.91. The molecule has 0 unspecified atom stereocenters. The van der Waals surface area contributed by atoms with E-state index in [1.54, 1.807) is 29.6 Å². The quantitative estimate of drug-likeness (QED) is 0.569. The van der Waals surface area contributed by atoms with E-state index in [0.29, 0.717) is 30.2 Å². The summed E-state index contributed by atoms with van der Waals surface area (Å²) in [5, 5.41) is 4.45. The van der Waals surface area contributed by atoms with Gasteiger partial charge in [-0.15, -0.1) is 0 Å². The molecule has 1 aliphatic rings. The first-order valence-electron chi connectivity index (χ1n) is 10.7. The Hall–Kier alpha value is -3.55. The van der Waals surface area contributed by atoms with Gasteiger partial charge in [-0.2, -0.15) is 5.10 Å². The van der Waals surface area contributed by atoms with Gasteiger partial charge in [0.2, 0.25) is 6.79 Å². The molecule has 1 aromatic carbocycles. The number of benzene rings is 1. The molecule has 0 spiro atoms. The van der Waals surface area contributed by atoms with Crippen LogP contribution in [0.3, 0.4) is 0 Å². The fraction of sp³-hybridized carbons (Fsp3) is 0.375. The third kappa shape index (κ3) is 4.39. The van der Waals surface area contributed by atoms with E-state index < -0.39 is 0 Å². The molecule has 0 aliphatic carbocycles. The number of aromatic nitrogens is 3. The highest BCUT2D eigenvalue weighted by Crippen LogP contribution is 2.32. The summed E-state index contributed by atoms with van der Waals surface area (Å²) in [7, 11) is 1.73. The highest BCUT2D eigenvalue weighted by molar-refractivity contribution is 5.95. The van der Waals surface area contributed by atoms with Gasteiger partial charge in [0.25, 0.3) is 11.5 Å². The van der Waals surface area contributed by atoms with Crippen LogP contribution in [-0.4, -0.2) is 45.5 Å². The average molecular weight is 437 g/mol. The van der Waals surface area contributed by atoms with Crippen molar-refractivity contribution in [2.24, 2.45) is 0 Å². The Bertz CT molecular complexity index is 1210. The van der Waals surface area contributed by atoms with Gasteiger partial charge < -0.3 is 18.9 Å². The summed E-state index contributed by atoms with van der Waals surface area (Å²) in [5.41, 5.74) is 3.57. The lowest BCUT2D eigenvalue weighted by Crippen LogP contribution is -2.36. The smallest absolute Gasteiger partial charge is 0.263 e. The van der Waals surface area contributed by atoms with Crippen molar-refractivity contribution < 1.29 is 14.3 Å². The summed E-state index contributed by atoms with van der Waals surface area (Å²) in [6.07, 6.45) is 2.48. The van der Waals surface area contributed by atoms with Crippen molar-refractivity contribution in [3.63, 3.8) is 0 Å². The molecule has 0 bridgehead atoms. The molecule has 4 rings (SSSR count). The van der Waals surface area contributed by atoms with Crippen LogP contribution in [0.1, 0.15) is 39.3 Å². The van der Waals surface area contributed by atoms with Crippen molar-refractivity contribution in [1.82, 2.24) is 19.2 Å². The lowest BCUT2D eigenvalue weighted by molar-refractivity contribution is 0.0788. The highest BCUT2D eigenvalue weighted by atomic mass is 16.7. The van der Waals surface area contributed by atoms with Crippen molar-refractivity contribution >= 4 is 5.91 Å². The van der Waals surface area contributed by atoms with Crippen LogP contribution in [0.15, 0.2) is 41.3 Å². The number of carbonyl (C=O) groups excluding carboxylic acids is 1. The second-order valence-corrected chi connectivity index (χ2v) is 8.22. The predicted molar refractivity (Wildman–Crippen MR) is 120 cm³/mol.